The molecular formula is C7H9ClN2OS. The molecule has 1 heterocycles. The van der Waals surface area contributed by atoms with Gasteiger partial charge in [-0.2, -0.15) is 0 Å². The summed E-state index contributed by atoms with van der Waals surface area (Å²) in [5.74, 6) is 0.879. The maximum absolute atomic E-state index is 11.1. The van der Waals surface area contributed by atoms with Crippen LogP contribution in [0.4, 0.5) is 0 Å². The van der Waals surface area contributed by atoms with E-state index in [0.29, 0.717) is 10.9 Å². The molecule has 1 aromatic rings. The largest absolute Gasteiger partial charge is 0.300 e. The van der Waals surface area contributed by atoms with Gasteiger partial charge in [0.15, 0.2) is 5.16 Å². The van der Waals surface area contributed by atoms with Crippen LogP contribution in [-0.2, 0) is 0 Å². The van der Waals surface area contributed by atoms with Gasteiger partial charge in [0.1, 0.15) is 5.02 Å². The molecule has 66 valence electrons. The van der Waals surface area contributed by atoms with Crippen molar-refractivity contribution in [2.24, 2.45) is 0 Å². The van der Waals surface area contributed by atoms with Gasteiger partial charge in [-0.1, -0.05) is 30.3 Å². The average molecular weight is 205 g/mol. The quantitative estimate of drug-likeness (QED) is 0.591. The van der Waals surface area contributed by atoms with Gasteiger partial charge in [-0.3, -0.25) is 4.79 Å². The molecule has 0 bridgehead atoms. The third-order valence-corrected chi connectivity index (χ3v) is 2.49. The molecule has 0 spiro atoms. The number of aryl methyl sites for hydroxylation is 1. The fraction of sp³-hybridized carbons (Fsp3) is 0.429. The fourth-order valence-electron chi connectivity index (χ4n) is 0.751. The van der Waals surface area contributed by atoms with E-state index in [1.807, 2.05) is 6.92 Å². The Labute approximate surface area is 79.6 Å². The summed E-state index contributed by atoms with van der Waals surface area (Å²) in [4.78, 5) is 17.8. The van der Waals surface area contributed by atoms with Gasteiger partial charge in [-0.25, -0.2) is 4.98 Å². The summed E-state index contributed by atoms with van der Waals surface area (Å²) in [6.07, 6.45) is 0. The molecule has 1 aromatic heterocycles. The second-order valence-electron chi connectivity index (χ2n) is 2.20. The third-order valence-electron chi connectivity index (χ3n) is 1.29. The minimum Gasteiger partial charge on any atom is -0.300 e. The van der Waals surface area contributed by atoms with Crippen molar-refractivity contribution in [1.82, 2.24) is 9.97 Å². The number of nitrogens with zero attached hydrogens (tertiary/aromatic N) is 1. The van der Waals surface area contributed by atoms with Crippen molar-refractivity contribution in [1.29, 1.82) is 0 Å². The standard InChI is InChI=1S/C7H9ClN2OS/c1-3-12-7-9-4(2)5(8)6(11)10-7/h3H2,1-2H3,(H,9,10,11). The van der Waals surface area contributed by atoms with Crippen LogP contribution in [0, 0.1) is 6.92 Å². The lowest BCUT2D eigenvalue weighted by Crippen LogP contribution is -2.11. The lowest BCUT2D eigenvalue weighted by molar-refractivity contribution is 0.906. The number of thioether (sulfide) groups is 1. The van der Waals surface area contributed by atoms with Crippen LogP contribution < -0.4 is 5.56 Å². The molecule has 0 saturated heterocycles. The molecule has 0 unspecified atom stereocenters. The molecule has 0 radical (unpaired) electrons. The van der Waals surface area contributed by atoms with E-state index in [2.05, 4.69) is 9.97 Å². The van der Waals surface area contributed by atoms with Crippen LogP contribution in [0.5, 0.6) is 0 Å². The molecule has 0 aliphatic heterocycles. The number of hydrogen-bond acceptors (Lipinski definition) is 3. The number of rotatable bonds is 2. The van der Waals surface area contributed by atoms with Crippen LogP contribution in [0.1, 0.15) is 12.6 Å². The summed E-state index contributed by atoms with van der Waals surface area (Å²) in [5, 5.41) is 0.805. The van der Waals surface area contributed by atoms with Gasteiger partial charge in [0.25, 0.3) is 5.56 Å². The molecule has 1 N–H and O–H groups in total. The zero-order valence-electron chi connectivity index (χ0n) is 6.85. The molecule has 0 saturated carbocycles. The van der Waals surface area contributed by atoms with Crippen molar-refractivity contribution in [2.75, 3.05) is 5.75 Å². The Kier molecular flexibility index (Phi) is 3.17. The normalized spacial score (nSPS) is 10.2. The number of aromatic nitrogens is 2. The second kappa shape index (κ2) is 3.96. The number of nitrogens with one attached hydrogen (secondary N) is 1. The van der Waals surface area contributed by atoms with Crippen LogP contribution in [0.25, 0.3) is 0 Å². The number of H-pyrrole nitrogens is 1. The third kappa shape index (κ3) is 2.01. The average Bonchev–Trinajstić information content (AvgIpc) is 2.01. The van der Waals surface area contributed by atoms with E-state index in [1.165, 1.54) is 11.8 Å². The van der Waals surface area contributed by atoms with Gasteiger partial charge in [-0.15, -0.1) is 0 Å². The molecule has 0 fully saturated rings. The summed E-state index contributed by atoms with van der Waals surface area (Å²) in [6.45, 7) is 3.71. The topological polar surface area (TPSA) is 45.8 Å². The Morgan fingerprint density at radius 2 is 2.33 bits per heavy atom. The summed E-state index contributed by atoms with van der Waals surface area (Å²) in [7, 11) is 0. The summed E-state index contributed by atoms with van der Waals surface area (Å²) in [5.41, 5.74) is 0.316. The highest BCUT2D eigenvalue weighted by Crippen LogP contribution is 2.13. The van der Waals surface area contributed by atoms with Crippen molar-refractivity contribution in [3.8, 4) is 0 Å². The van der Waals surface area contributed by atoms with Crippen LogP contribution in [0.15, 0.2) is 9.95 Å². The van der Waals surface area contributed by atoms with E-state index in [9.17, 15) is 4.79 Å². The van der Waals surface area contributed by atoms with Crippen LogP contribution in [0.2, 0.25) is 5.02 Å². The zero-order valence-corrected chi connectivity index (χ0v) is 8.42. The Morgan fingerprint density at radius 3 is 2.83 bits per heavy atom. The highest BCUT2D eigenvalue weighted by atomic mass is 35.5. The van der Waals surface area contributed by atoms with Crippen molar-refractivity contribution in [3.05, 3.63) is 21.1 Å². The minimum atomic E-state index is -0.264. The van der Waals surface area contributed by atoms with E-state index in [1.54, 1.807) is 6.92 Å². The molecular weight excluding hydrogens is 196 g/mol. The predicted molar refractivity (Wildman–Crippen MR) is 51.0 cm³/mol. The van der Waals surface area contributed by atoms with Gasteiger partial charge in [0, 0.05) is 0 Å². The highest BCUT2D eigenvalue weighted by Gasteiger charge is 2.04. The summed E-state index contributed by atoms with van der Waals surface area (Å²) >= 11 is 7.12. The van der Waals surface area contributed by atoms with Gasteiger partial charge in [-0.05, 0) is 12.7 Å². The Bertz CT molecular complexity index is 337. The van der Waals surface area contributed by atoms with Gasteiger partial charge in [0.2, 0.25) is 0 Å². The van der Waals surface area contributed by atoms with Crippen molar-refractivity contribution >= 4 is 23.4 Å². The maximum atomic E-state index is 11.1. The second-order valence-corrected chi connectivity index (χ2v) is 3.83. The zero-order chi connectivity index (χ0) is 9.14. The van der Waals surface area contributed by atoms with E-state index in [4.69, 9.17) is 11.6 Å². The van der Waals surface area contributed by atoms with E-state index in [-0.39, 0.29) is 10.6 Å². The van der Waals surface area contributed by atoms with Crippen molar-refractivity contribution in [2.45, 2.75) is 19.0 Å². The Morgan fingerprint density at radius 1 is 1.67 bits per heavy atom. The predicted octanol–water partition coefficient (Wildman–Crippen LogP) is 1.84. The minimum absolute atomic E-state index is 0.176. The molecule has 1 rings (SSSR count). The van der Waals surface area contributed by atoms with Crippen LogP contribution in [0.3, 0.4) is 0 Å². The Balaban J connectivity index is 3.13. The first-order chi connectivity index (χ1) is 5.65. The van der Waals surface area contributed by atoms with E-state index >= 15 is 0 Å². The number of aromatic amines is 1. The van der Waals surface area contributed by atoms with Crippen molar-refractivity contribution < 1.29 is 0 Å². The fourth-order valence-corrected chi connectivity index (χ4v) is 1.48. The lowest BCUT2D eigenvalue weighted by atomic mass is 10.4. The highest BCUT2D eigenvalue weighted by molar-refractivity contribution is 7.99. The molecule has 0 amide bonds. The first-order valence-electron chi connectivity index (χ1n) is 3.54. The summed E-state index contributed by atoms with van der Waals surface area (Å²) < 4.78 is 0. The number of halogens is 1. The molecule has 0 aromatic carbocycles. The lowest BCUT2D eigenvalue weighted by Gasteiger charge is -1.99. The van der Waals surface area contributed by atoms with Gasteiger partial charge >= 0.3 is 0 Å². The monoisotopic (exact) mass is 204 g/mol. The molecule has 3 nitrogen and oxygen atoms in total. The molecule has 0 atom stereocenters. The first-order valence-corrected chi connectivity index (χ1v) is 4.90. The van der Waals surface area contributed by atoms with Gasteiger partial charge < -0.3 is 4.98 Å². The number of hydrogen-bond donors (Lipinski definition) is 1. The SMILES string of the molecule is CCSc1nc(C)c(Cl)c(=O)[nH]1. The first kappa shape index (κ1) is 9.61. The van der Waals surface area contributed by atoms with E-state index in [0.717, 1.165) is 5.75 Å². The molecule has 12 heavy (non-hydrogen) atoms. The van der Waals surface area contributed by atoms with E-state index < -0.39 is 0 Å². The maximum Gasteiger partial charge on any atom is 0.270 e. The summed E-state index contributed by atoms with van der Waals surface area (Å²) in [6, 6.07) is 0. The van der Waals surface area contributed by atoms with Crippen LogP contribution >= 0.6 is 23.4 Å². The molecule has 0 aliphatic rings. The van der Waals surface area contributed by atoms with Crippen molar-refractivity contribution in [3.63, 3.8) is 0 Å². The molecule has 0 aliphatic carbocycles. The smallest absolute Gasteiger partial charge is 0.270 e. The van der Waals surface area contributed by atoms with Crippen LogP contribution in [-0.4, -0.2) is 15.7 Å². The van der Waals surface area contributed by atoms with Gasteiger partial charge in [0.05, 0.1) is 5.69 Å². The molecule has 5 heteroatoms. The Hall–Kier alpha value is -0.480.